The largest absolute Gasteiger partial charge is 0.324 e. The molecule has 1 aliphatic heterocycles. The number of carbonyl (C=O) groups excluding carboxylic acids is 1. The van der Waals surface area contributed by atoms with Crippen molar-refractivity contribution >= 4 is 58.3 Å². The van der Waals surface area contributed by atoms with Crippen molar-refractivity contribution in [1.82, 2.24) is 9.97 Å². The van der Waals surface area contributed by atoms with Gasteiger partial charge in [-0.3, -0.25) is 9.59 Å². The van der Waals surface area contributed by atoms with Gasteiger partial charge in [0, 0.05) is 22.1 Å². The molecule has 0 atom stereocenters. The minimum Gasteiger partial charge on any atom is -0.324 e. The molecule has 0 aliphatic carbocycles. The van der Waals surface area contributed by atoms with Crippen LogP contribution in [-0.4, -0.2) is 21.6 Å². The molecular weight excluding hydrogens is 377 g/mol. The number of aromatic nitrogens is 2. The van der Waals surface area contributed by atoms with Crippen LogP contribution in [0.3, 0.4) is 0 Å². The fraction of sp³-hybridized carbons (Fsp3) is 0.214. The predicted molar refractivity (Wildman–Crippen MR) is 95.7 cm³/mol. The molecule has 1 aliphatic rings. The zero-order valence-corrected chi connectivity index (χ0v) is 14.8. The number of halogens is 2. The molecule has 2 heterocycles. The van der Waals surface area contributed by atoms with Crippen LogP contribution in [0.5, 0.6) is 0 Å². The van der Waals surface area contributed by atoms with Crippen molar-refractivity contribution in [3.05, 3.63) is 49.9 Å². The van der Waals surface area contributed by atoms with E-state index in [4.69, 9.17) is 23.2 Å². The molecule has 0 saturated carbocycles. The summed E-state index contributed by atoms with van der Waals surface area (Å²) in [4.78, 5) is 31.0. The lowest BCUT2D eigenvalue weighted by atomic mass is 10.3. The lowest BCUT2D eigenvalue weighted by molar-refractivity contribution is -0.113. The van der Waals surface area contributed by atoms with Crippen molar-refractivity contribution in [2.45, 2.75) is 16.7 Å². The van der Waals surface area contributed by atoms with Crippen LogP contribution >= 0.6 is 46.7 Å². The lowest BCUT2D eigenvalue weighted by Gasteiger charge is -2.07. The van der Waals surface area contributed by atoms with Crippen molar-refractivity contribution in [3.63, 3.8) is 0 Å². The van der Waals surface area contributed by atoms with Gasteiger partial charge in [-0.15, -0.1) is 0 Å². The summed E-state index contributed by atoms with van der Waals surface area (Å²) >= 11 is 14.7. The number of fused-ring (bicyclic) bond motifs is 1. The van der Waals surface area contributed by atoms with E-state index in [1.54, 1.807) is 30.0 Å². The summed E-state index contributed by atoms with van der Waals surface area (Å²) in [6.45, 7) is 0. The molecule has 0 spiro atoms. The second-order valence-corrected chi connectivity index (χ2v) is 7.54. The highest BCUT2D eigenvalue weighted by Crippen LogP contribution is 2.27. The zero-order chi connectivity index (χ0) is 16.4. The molecule has 1 aromatic heterocycles. The number of rotatable bonds is 4. The van der Waals surface area contributed by atoms with E-state index in [9.17, 15) is 9.59 Å². The smallest absolute Gasteiger partial charge is 0.255 e. The number of carbonyl (C=O) groups is 1. The van der Waals surface area contributed by atoms with Gasteiger partial charge in [0.05, 0.1) is 22.2 Å². The number of nitrogens with zero attached hydrogens (tertiary/aromatic N) is 1. The van der Waals surface area contributed by atoms with E-state index in [0.29, 0.717) is 26.6 Å². The van der Waals surface area contributed by atoms with Gasteiger partial charge in [-0.1, -0.05) is 35.0 Å². The highest BCUT2D eigenvalue weighted by atomic mass is 35.5. The van der Waals surface area contributed by atoms with E-state index in [-0.39, 0.29) is 17.2 Å². The van der Waals surface area contributed by atoms with Crippen molar-refractivity contribution in [1.29, 1.82) is 0 Å². The average molecular weight is 388 g/mol. The molecule has 0 radical (unpaired) electrons. The number of thioether (sulfide) groups is 2. The van der Waals surface area contributed by atoms with Gasteiger partial charge in [-0.25, -0.2) is 4.98 Å². The molecule has 2 aromatic rings. The number of anilines is 1. The van der Waals surface area contributed by atoms with Gasteiger partial charge in [-0.05, 0) is 18.2 Å². The first-order chi connectivity index (χ1) is 11.0. The highest BCUT2D eigenvalue weighted by molar-refractivity contribution is 7.99. The van der Waals surface area contributed by atoms with Crippen LogP contribution in [0.4, 0.5) is 5.69 Å². The predicted octanol–water partition coefficient (Wildman–Crippen LogP) is 3.55. The zero-order valence-electron chi connectivity index (χ0n) is 11.7. The number of hydrogen-bond acceptors (Lipinski definition) is 5. The Morgan fingerprint density at radius 1 is 1.39 bits per heavy atom. The molecule has 0 bridgehead atoms. The standard InChI is InChI=1S/C14H11Cl2N3O2S2/c15-7-1-2-9(16)10(3-7)17-12(20)6-23-14-18-11-5-22-4-8(11)13(21)19-14/h1-3H,4-6H2,(H,17,20)(H,18,19,21). The molecule has 2 N–H and O–H groups in total. The summed E-state index contributed by atoms with van der Waals surface area (Å²) in [5.41, 5.74) is 1.87. The van der Waals surface area contributed by atoms with E-state index >= 15 is 0 Å². The minimum absolute atomic E-state index is 0.109. The first-order valence-electron chi connectivity index (χ1n) is 6.60. The summed E-state index contributed by atoms with van der Waals surface area (Å²) in [6.07, 6.45) is 0. The Kier molecular flexibility index (Phi) is 5.21. The number of nitrogens with one attached hydrogen (secondary N) is 2. The maximum absolute atomic E-state index is 12.0. The molecule has 1 aromatic carbocycles. The summed E-state index contributed by atoms with van der Waals surface area (Å²) in [6, 6.07) is 4.84. The van der Waals surface area contributed by atoms with Crippen molar-refractivity contribution in [2.75, 3.05) is 11.1 Å². The van der Waals surface area contributed by atoms with E-state index < -0.39 is 0 Å². The summed E-state index contributed by atoms with van der Waals surface area (Å²) in [5.74, 6) is 1.28. The topological polar surface area (TPSA) is 74.8 Å². The Labute approximate surface area is 150 Å². The third kappa shape index (κ3) is 4.03. The van der Waals surface area contributed by atoms with Gasteiger partial charge in [0.1, 0.15) is 0 Å². The number of hydrogen-bond donors (Lipinski definition) is 2. The number of amides is 1. The highest BCUT2D eigenvalue weighted by Gasteiger charge is 2.18. The first-order valence-corrected chi connectivity index (χ1v) is 9.50. The van der Waals surface area contributed by atoms with Gasteiger partial charge >= 0.3 is 0 Å². The van der Waals surface area contributed by atoms with Crippen LogP contribution in [0.15, 0.2) is 28.2 Å². The molecule has 0 saturated heterocycles. The summed E-state index contributed by atoms with van der Waals surface area (Å²) in [5, 5.41) is 4.03. The van der Waals surface area contributed by atoms with Crippen LogP contribution in [0.1, 0.15) is 11.3 Å². The number of aromatic amines is 1. The number of benzene rings is 1. The Morgan fingerprint density at radius 2 is 2.22 bits per heavy atom. The average Bonchev–Trinajstić information content (AvgIpc) is 2.98. The molecule has 0 fully saturated rings. The molecule has 9 heteroatoms. The van der Waals surface area contributed by atoms with E-state index in [1.807, 2.05) is 0 Å². The molecule has 0 unspecified atom stereocenters. The van der Waals surface area contributed by atoms with Gasteiger partial charge in [-0.2, -0.15) is 11.8 Å². The monoisotopic (exact) mass is 387 g/mol. The molecule has 3 rings (SSSR count). The lowest BCUT2D eigenvalue weighted by Crippen LogP contribution is -2.17. The minimum atomic E-state index is -0.253. The molecule has 1 amide bonds. The molecule has 23 heavy (non-hydrogen) atoms. The van der Waals surface area contributed by atoms with Crippen molar-refractivity contribution < 1.29 is 4.79 Å². The SMILES string of the molecule is O=C(CSc1nc2c(c(=O)[nH]1)CSC2)Nc1cc(Cl)ccc1Cl. The van der Waals surface area contributed by atoms with Crippen LogP contribution in [0, 0.1) is 0 Å². The third-order valence-electron chi connectivity index (χ3n) is 3.11. The Balaban J connectivity index is 1.64. The quantitative estimate of drug-likeness (QED) is 0.619. The Morgan fingerprint density at radius 3 is 3.04 bits per heavy atom. The van der Waals surface area contributed by atoms with E-state index in [0.717, 1.165) is 17.0 Å². The molecule has 5 nitrogen and oxygen atoms in total. The summed E-state index contributed by atoms with van der Waals surface area (Å²) < 4.78 is 0. The van der Waals surface area contributed by atoms with Crippen LogP contribution in [-0.2, 0) is 16.3 Å². The van der Waals surface area contributed by atoms with E-state index in [1.165, 1.54) is 11.8 Å². The first kappa shape index (κ1) is 16.7. The third-order valence-corrected chi connectivity index (χ3v) is 5.52. The summed E-state index contributed by atoms with van der Waals surface area (Å²) in [7, 11) is 0. The van der Waals surface area contributed by atoms with E-state index in [2.05, 4.69) is 15.3 Å². The van der Waals surface area contributed by atoms with Crippen LogP contribution in [0.2, 0.25) is 10.0 Å². The van der Waals surface area contributed by atoms with Crippen molar-refractivity contribution in [3.8, 4) is 0 Å². The van der Waals surface area contributed by atoms with Gasteiger partial charge in [0.2, 0.25) is 5.91 Å². The number of H-pyrrole nitrogens is 1. The van der Waals surface area contributed by atoms with Gasteiger partial charge < -0.3 is 10.3 Å². The second kappa shape index (κ2) is 7.17. The van der Waals surface area contributed by atoms with Crippen LogP contribution in [0.25, 0.3) is 0 Å². The van der Waals surface area contributed by atoms with Crippen molar-refractivity contribution in [2.24, 2.45) is 0 Å². The molecule has 120 valence electrons. The Hall–Kier alpha value is -1.15. The second-order valence-electron chi connectivity index (χ2n) is 4.75. The molecular formula is C14H11Cl2N3O2S2. The normalized spacial score (nSPS) is 13.0. The fourth-order valence-electron chi connectivity index (χ4n) is 2.02. The van der Waals surface area contributed by atoms with Gasteiger partial charge in [0.25, 0.3) is 5.56 Å². The fourth-order valence-corrected chi connectivity index (χ4v) is 4.07. The van der Waals surface area contributed by atoms with Gasteiger partial charge in [0.15, 0.2) is 5.16 Å². The van der Waals surface area contributed by atoms with Crippen LogP contribution < -0.4 is 10.9 Å². The maximum Gasteiger partial charge on any atom is 0.255 e. The maximum atomic E-state index is 12.0. The Bertz CT molecular complexity index is 826.